The highest BCUT2D eigenvalue weighted by Gasteiger charge is 2.12. The van der Waals surface area contributed by atoms with Crippen molar-refractivity contribution in [2.24, 2.45) is 5.73 Å². The van der Waals surface area contributed by atoms with Crippen LogP contribution in [0.15, 0.2) is 42.5 Å². The Balaban J connectivity index is 2.50. The number of fused-ring (bicyclic) bond motifs is 2. The molecule has 3 rings (SSSR count). The molecule has 0 atom stereocenters. The second kappa shape index (κ2) is 3.70. The van der Waals surface area contributed by atoms with Gasteiger partial charge in [0.15, 0.2) is 0 Å². The first-order valence-electron chi connectivity index (χ1n) is 5.54. The summed E-state index contributed by atoms with van der Waals surface area (Å²) in [7, 11) is 0. The minimum Gasteiger partial charge on any atom is -0.398 e. The van der Waals surface area contributed by atoms with Gasteiger partial charge >= 0.3 is 0 Å². The maximum absolute atomic E-state index is 11.5. The standard InChI is InChI=1S/C14H11N3O/c15-10-5-6-12-9(13(10)14(16)18)7-8-3-1-2-4-11(8)17-12/h1-7H,15H2,(H2,16,18). The van der Waals surface area contributed by atoms with E-state index in [9.17, 15) is 4.79 Å². The molecule has 0 radical (unpaired) electrons. The Morgan fingerprint density at radius 1 is 1.06 bits per heavy atom. The van der Waals surface area contributed by atoms with Gasteiger partial charge in [0.05, 0.1) is 16.6 Å². The van der Waals surface area contributed by atoms with E-state index < -0.39 is 5.91 Å². The number of nitrogens with zero attached hydrogens (tertiary/aromatic N) is 1. The number of para-hydroxylation sites is 1. The Morgan fingerprint density at radius 3 is 2.61 bits per heavy atom. The fourth-order valence-electron chi connectivity index (χ4n) is 2.14. The first-order chi connectivity index (χ1) is 8.66. The van der Waals surface area contributed by atoms with Crippen LogP contribution < -0.4 is 11.5 Å². The SMILES string of the molecule is NC(=O)c1c(N)ccc2nc3ccccc3cc12. The molecule has 0 aliphatic rings. The number of hydrogen-bond acceptors (Lipinski definition) is 3. The number of nitrogens with two attached hydrogens (primary N) is 2. The van der Waals surface area contributed by atoms with Crippen molar-refractivity contribution in [1.29, 1.82) is 0 Å². The summed E-state index contributed by atoms with van der Waals surface area (Å²) in [6.07, 6.45) is 0. The van der Waals surface area contributed by atoms with Crippen molar-refractivity contribution >= 4 is 33.4 Å². The lowest BCUT2D eigenvalue weighted by Crippen LogP contribution is -2.14. The molecule has 0 unspecified atom stereocenters. The Bertz CT molecular complexity index is 780. The first kappa shape index (κ1) is 10.5. The van der Waals surface area contributed by atoms with E-state index in [1.54, 1.807) is 12.1 Å². The number of hydrogen-bond donors (Lipinski definition) is 2. The molecule has 0 spiro atoms. The normalized spacial score (nSPS) is 10.9. The average molecular weight is 237 g/mol. The fourth-order valence-corrected chi connectivity index (χ4v) is 2.14. The largest absolute Gasteiger partial charge is 0.398 e. The van der Waals surface area contributed by atoms with E-state index >= 15 is 0 Å². The Morgan fingerprint density at radius 2 is 1.83 bits per heavy atom. The quantitative estimate of drug-likeness (QED) is 0.502. The van der Waals surface area contributed by atoms with Crippen LogP contribution >= 0.6 is 0 Å². The van der Waals surface area contributed by atoms with Crippen molar-refractivity contribution in [3.8, 4) is 0 Å². The predicted octanol–water partition coefficient (Wildman–Crippen LogP) is 2.07. The molecule has 0 aliphatic heterocycles. The second-order valence-electron chi connectivity index (χ2n) is 4.14. The van der Waals surface area contributed by atoms with Crippen molar-refractivity contribution in [3.05, 3.63) is 48.0 Å². The van der Waals surface area contributed by atoms with E-state index in [0.29, 0.717) is 16.6 Å². The summed E-state index contributed by atoms with van der Waals surface area (Å²) >= 11 is 0. The smallest absolute Gasteiger partial charge is 0.251 e. The molecule has 1 heterocycles. The first-order valence-corrected chi connectivity index (χ1v) is 5.54. The van der Waals surface area contributed by atoms with Gasteiger partial charge in [0, 0.05) is 16.5 Å². The Labute approximate surface area is 103 Å². The van der Waals surface area contributed by atoms with Crippen LogP contribution in [0.5, 0.6) is 0 Å². The van der Waals surface area contributed by atoms with Crippen LogP contribution in [0.4, 0.5) is 5.69 Å². The number of primary amides is 1. The van der Waals surface area contributed by atoms with Crippen LogP contribution in [0.25, 0.3) is 21.8 Å². The van der Waals surface area contributed by atoms with Gasteiger partial charge < -0.3 is 11.5 Å². The summed E-state index contributed by atoms with van der Waals surface area (Å²) < 4.78 is 0. The summed E-state index contributed by atoms with van der Waals surface area (Å²) in [4.78, 5) is 16.0. The van der Waals surface area contributed by atoms with Crippen LogP contribution in [-0.4, -0.2) is 10.9 Å². The maximum atomic E-state index is 11.5. The van der Waals surface area contributed by atoms with E-state index in [1.807, 2.05) is 30.3 Å². The zero-order chi connectivity index (χ0) is 12.7. The third-order valence-electron chi connectivity index (χ3n) is 2.98. The zero-order valence-corrected chi connectivity index (χ0v) is 9.55. The summed E-state index contributed by atoms with van der Waals surface area (Å²) in [5.74, 6) is -0.532. The van der Waals surface area contributed by atoms with E-state index in [2.05, 4.69) is 4.98 Å². The number of benzene rings is 2. The van der Waals surface area contributed by atoms with E-state index in [0.717, 1.165) is 16.4 Å². The molecule has 0 saturated heterocycles. The molecule has 3 aromatic rings. The van der Waals surface area contributed by atoms with Crippen LogP contribution in [0.2, 0.25) is 0 Å². The second-order valence-corrected chi connectivity index (χ2v) is 4.14. The van der Waals surface area contributed by atoms with Crippen molar-refractivity contribution < 1.29 is 4.79 Å². The Hall–Kier alpha value is -2.62. The molecule has 0 fully saturated rings. The average Bonchev–Trinajstić information content (AvgIpc) is 2.36. The van der Waals surface area contributed by atoms with Crippen LogP contribution in [0.3, 0.4) is 0 Å². The lowest BCUT2D eigenvalue weighted by Gasteiger charge is -2.07. The van der Waals surface area contributed by atoms with Crippen LogP contribution in [0.1, 0.15) is 10.4 Å². The molecule has 4 heteroatoms. The predicted molar refractivity (Wildman–Crippen MR) is 72.2 cm³/mol. The van der Waals surface area contributed by atoms with Gasteiger partial charge in [0.2, 0.25) is 0 Å². The minimum absolute atomic E-state index is 0.339. The molecule has 4 N–H and O–H groups in total. The van der Waals surface area contributed by atoms with Crippen molar-refractivity contribution in [2.75, 3.05) is 5.73 Å². The third-order valence-corrected chi connectivity index (χ3v) is 2.98. The number of nitrogen functional groups attached to an aromatic ring is 1. The Kier molecular flexibility index (Phi) is 2.16. The molecule has 1 amide bonds. The number of carbonyl (C=O) groups is 1. The van der Waals surface area contributed by atoms with Gasteiger partial charge in [-0.25, -0.2) is 4.98 Å². The molecule has 4 nitrogen and oxygen atoms in total. The van der Waals surface area contributed by atoms with Crippen LogP contribution in [-0.2, 0) is 0 Å². The summed E-state index contributed by atoms with van der Waals surface area (Å²) in [6, 6.07) is 13.1. The van der Waals surface area contributed by atoms with Crippen molar-refractivity contribution in [3.63, 3.8) is 0 Å². The van der Waals surface area contributed by atoms with Gasteiger partial charge in [-0.15, -0.1) is 0 Å². The van der Waals surface area contributed by atoms with Gasteiger partial charge in [0.25, 0.3) is 5.91 Å². The number of anilines is 1. The van der Waals surface area contributed by atoms with Crippen molar-refractivity contribution in [1.82, 2.24) is 4.98 Å². The monoisotopic (exact) mass is 237 g/mol. The summed E-state index contributed by atoms with van der Waals surface area (Å²) in [5.41, 5.74) is 13.5. The highest BCUT2D eigenvalue weighted by molar-refractivity contribution is 6.11. The molecule has 0 saturated carbocycles. The zero-order valence-electron chi connectivity index (χ0n) is 9.55. The van der Waals surface area contributed by atoms with E-state index in [-0.39, 0.29) is 0 Å². The number of pyridine rings is 1. The maximum Gasteiger partial charge on any atom is 0.251 e. The topological polar surface area (TPSA) is 82.0 Å². The molecular weight excluding hydrogens is 226 g/mol. The van der Waals surface area contributed by atoms with E-state index in [4.69, 9.17) is 11.5 Å². The molecular formula is C14H11N3O. The molecule has 0 aliphatic carbocycles. The molecule has 2 aromatic carbocycles. The van der Waals surface area contributed by atoms with Crippen molar-refractivity contribution in [2.45, 2.75) is 0 Å². The molecule has 0 bridgehead atoms. The highest BCUT2D eigenvalue weighted by atomic mass is 16.1. The lowest BCUT2D eigenvalue weighted by atomic mass is 10.0. The van der Waals surface area contributed by atoms with Crippen LogP contribution in [0, 0.1) is 0 Å². The summed E-state index contributed by atoms with van der Waals surface area (Å²) in [5, 5.41) is 1.65. The molecule has 18 heavy (non-hydrogen) atoms. The lowest BCUT2D eigenvalue weighted by molar-refractivity contribution is 0.100. The number of rotatable bonds is 1. The highest BCUT2D eigenvalue weighted by Crippen LogP contribution is 2.26. The number of aromatic nitrogens is 1. The summed E-state index contributed by atoms with van der Waals surface area (Å²) in [6.45, 7) is 0. The fraction of sp³-hybridized carbons (Fsp3) is 0. The van der Waals surface area contributed by atoms with Gasteiger partial charge in [-0.05, 0) is 24.3 Å². The van der Waals surface area contributed by atoms with Gasteiger partial charge in [-0.1, -0.05) is 18.2 Å². The van der Waals surface area contributed by atoms with Gasteiger partial charge in [0.1, 0.15) is 0 Å². The number of amides is 1. The van der Waals surface area contributed by atoms with Gasteiger partial charge in [-0.2, -0.15) is 0 Å². The number of carbonyl (C=O) groups excluding carboxylic acids is 1. The van der Waals surface area contributed by atoms with E-state index in [1.165, 1.54) is 0 Å². The molecule has 88 valence electrons. The van der Waals surface area contributed by atoms with Gasteiger partial charge in [-0.3, -0.25) is 4.79 Å². The molecule has 1 aromatic heterocycles. The third kappa shape index (κ3) is 1.47. The minimum atomic E-state index is -0.532.